The summed E-state index contributed by atoms with van der Waals surface area (Å²) in [6.07, 6.45) is 0. The summed E-state index contributed by atoms with van der Waals surface area (Å²) in [6, 6.07) is 15.1. The first kappa shape index (κ1) is 18.8. The van der Waals surface area contributed by atoms with Gasteiger partial charge < -0.3 is 10.2 Å². The molecule has 0 fully saturated rings. The highest BCUT2D eigenvalue weighted by Crippen LogP contribution is 2.49. The first-order valence-electron chi connectivity index (χ1n) is 7.25. The van der Waals surface area contributed by atoms with Crippen molar-refractivity contribution in [1.29, 1.82) is 0 Å². The summed E-state index contributed by atoms with van der Waals surface area (Å²) in [4.78, 5) is 17.7. The van der Waals surface area contributed by atoms with Crippen molar-refractivity contribution in [3.63, 3.8) is 0 Å². The minimum Gasteiger partial charge on any atom is -0.387 e. The number of hydrogen-bond acceptors (Lipinski definition) is 7. The third-order valence-electron chi connectivity index (χ3n) is 3.81. The van der Waals surface area contributed by atoms with E-state index in [1.165, 1.54) is 24.3 Å². The van der Waals surface area contributed by atoms with Gasteiger partial charge in [-0.2, -0.15) is 0 Å². The molecule has 2 N–H and O–H groups in total. The van der Waals surface area contributed by atoms with Crippen molar-refractivity contribution in [1.82, 2.24) is 0 Å². The molecule has 0 aromatic heterocycles. The van der Waals surface area contributed by atoms with Gasteiger partial charge in [-0.3, -0.25) is 20.2 Å². The molecular weight excluding hydrogens is 348 g/mol. The molecule has 0 radical (unpaired) electrons. The van der Waals surface area contributed by atoms with Crippen LogP contribution in [0.15, 0.2) is 60.7 Å². The van der Waals surface area contributed by atoms with Gasteiger partial charge in [-0.25, -0.2) is 0 Å². The fraction of sp³-hybridized carbons (Fsp3) is 0.250. The first-order chi connectivity index (χ1) is 11.9. The van der Waals surface area contributed by atoms with Gasteiger partial charge in [-0.15, -0.1) is 0 Å². The molecule has 2 aromatic rings. The first-order valence-corrected chi connectivity index (χ1v) is 8.06. The van der Waals surface area contributed by atoms with E-state index in [0.29, 0.717) is 11.8 Å². The van der Waals surface area contributed by atoms with Crippen molar-refractivity contribution in [3.05, 3.63) is 92.0 Å². The Morgan fingerprint density at radius 1 is 0.760 bits per heavy atom. The summed E-state index contributed by atoms with van der Waals surface area (Å²) in [5, 5.41) is 43.3. The molecule has 0 spiro atoms. The molecule has 2 rings (SSSR count). The molecule has 0 saturated heterocycles. The Balaban J connectivity index is 2.65. The molecule has 132 valence electrons. The average molecular weight is 364 g/mol. The predicted octanol–water partition coefficient (Wildman–Crippen LogP) is 1.96. The average Bonchev–Trinajstić information content (AvgIpc) is 2.64. The van der Waals surface area contributed by atoms with Crippen molar-refractivity contribution in [3.8, 4) is 0 Å². The Morgan fingerprint density at radius 2 is 1.08 bits per heavy atom. The van der Waals surface area contributed by atoms with Gasteiger partial charge >= 0.3 is 9.74 Å². The second kappa shape index (κ2) is 7.60. The SMILES string of the molecule is O=[N+]([O-])C(CO)(SC(CO)(c1ccccc1)[N+](=O)[O-])c1ccccc1. The number of nitro groups is 2. The topological polar surface area (TPSA) is 127 Å². The van der Waals surface area contributed by atoms with Crippen molar-refractivity contribution in [2.24, 2.45) is 0 Å². The molecule has 0 aliphatic rings. The van der Waals surface area contributed by atoms with Crippen molar-refractivity contribution in [2.75, 3.05) is 13.2 Å². The summed E-state index contributed by atoms with van der Waals surface area (Å²) in [7, 11) is 0. The zero-order valence-corrected chi connectivity index (χ0v) is 13.8. The molecule has 0 aliphatic heterocycles. The smallest absolute Gasteiger partial charge is 0.321 e. The predicted molar refractivity (Wildman–Crippen MR) is 92.0 cm³/mol. The number of benzene rings is 2. The fourth-order valence-corrected chi connectivity index (χ4v) is 3.79. The van der Waals surface area contributed by atoms with Crippen LogP contribution < -0.4 is 0 Å². The van der Waals surface area contributed by atoms with E-state index < -0.39 is 32.8 Å². The number of hydrogen-bond donors (Lipinski definition) is 2. The monoisotopic (exact) mass is 364 g/mol. The third-order valence-corrected chi connectivity index (χ3v) is 5.51. The number of aliphatic hydroxyl groups is 2. The van der Waals surface area contributed by atoms with Crippen LogP contribution >= 0.6 is 11.8 Å². The lowest BCUT2D eigenvalue weighted by atomic mass is 10.1. The standard InChI is InChI=1S/C16H16N2O6S/c19-11-15(17(21)22,13-7-3-1-4-8-13)25-16(12-20,18(23)24)14-9-5-2-6-10-14/h1-10,19-20H,11-12H2. The summed E-state index contributed by atoms with van der Waals surface area (Å²) < 4.78 is 0. The van der Waals surface area contributed by atoms with E-state index in [4.69, 9.17) is 0 Å². The minimum absolute atomic E-state index is 0.100. The number of aliphatic hydroxyl groups excluding tert-OH is 2. The van der Waals surface area contributed by atoms with Gasteiger partial charge in [-0.05, 0) is 0 Å². The second-order valence-electron chi connectivity index (χ2n) is 5.23. The Kier molecular flexibility index (Phi) is 5.73. The van der Waals surface area contributed by atoms with Gasteiger partial charge in [0.1, 0.15) is 13.2 Å². The Hall–Kier alpha value is -2.49. The van der Waals surface area contributed by atoms with Gasteiger partial charge in [0.25, 0.3) is 0 Å². The zero-order valence-electron chi connectivity index (χ0n) is 13.0. The van der Waals surface area contributed by atoms with Crippen molar-refractivity contribution < 1.29 is 20.1 Å². The van der Waals surface area contributed by atoms with E-state index >= 15 is 0 Å². The van der Waals surface area contributed by atoms with Gasteiger partial charge in [0.2, 0.25) is 0 Å². The maximum absolute atomic E-state index is 11.8. The Bertz CT molecular complexity index is 681. The number of rotatable bonds is 8. The molecule has 25 heavy (non-hydrogen) atoms. The number of thioether (sulfide) groups is 1. The molecule has 0 aliphatic carbocycles. The summed E-state index contributed by atoms with van der Waals surface area (Å²) in [5.74, 6) is 0. The second-order valence-corrected chi connectivity index (χ2v) is 6.79. The Labute approximate surface area is 147 Å². The van der Waals surface area contributed by atoms with E-state index in [9.17, 15) is 30.4 Å². The highest BCUT2D eigenvalue weighted by atomic mass is 32.2. The van der Waals surface area contributed by atoms with Crippen LogP contribution in [0.5, 0.6) is 0 Å². The maximum Gasteiger partial charge on any atom is 0.321 e. The lowest BCUT2D eigenvalue weighted by Crippen LogP contribution is -2.45. The fourth-order valence-electron chi connectivity index (χ4n) is 2.44. The maximum atomic E-state index is 11.8. The largest absolute Gasteiger partial charge is 0.387 e. The molecule has 8 nitrogen and oxygen atoms in total. The molecular formula is C16H16N2O6S. The molecule has 0 bridgehead atoms. The molecule has 9 heteroatoms. The van der Waals surface area contributed by atoms with Crippen LogP contribution in [0, 0.1) is 20.2 Å². The summed E-state index contributed by atoms with van der Waals surface area (Å²) in [6.45, 7) is -1.95. The quantitative estimate of drug-likeness (QED) is 0.416. The number of nitrogens with zero attached hydrogens (tertiary/aromatic N) is 2. The molecule has 2 aromatic carbocycles. The molecule has 2 unspecified atom stereocenters. The molecule has 0 saturated carbocycles. The lowest BCUT2D eigenvalue weighted by molar-refractivity contribution is -0.566. The van der Waals surface area contributed by atoms with Crippen LogP contribution in [0.2, 0.25) is 0 Å². The van der Waals surface area contributed by atoms with Crippen LogP contribution in [0.1, 0.15) is 11.1 Å². The molecule has 0 heterocycles. The van der Waals surface area contributed by atoms with E-state index in [1.807, 2.05) is 0 Å². The summed E-state index contributed by atoms with van der Waals surface area (Å²) in [5.41, 5.74) is 0.200. The zero-order chi connectivity index (χ0) is 18.5. The van der Waals surface area contributed by atoms with E-state index in [0.717, 1.165) is 0 Å². The highest BCUT2D eigenvalue weighted by Gasteiger charge is 2.59. The Morgan fingerprint density at radius 3 is 1.32 bits per heavy atom. The van der Waals surface area contributed by atoms with Crippen LogP contribution in [0.3, 0.4) is 0 Å². The molecule has 2 atom stereocenters. The van der Waals surface area contributed by atoms with Crippen LogP contribution in [0.25, 0.3) is 0 Å². The third kappa shape index (κ3) is 3.34. The van der Waals surface area contributed by atoms with E-state index in [1.54, 1.807) is 36.4 Å². The van der Waals surface area contributed by atoms with Gasteiger partial charge in [0.15, 0.2) is 0 Å². The van der Waals surface area contributed by atoms with Crippen molar-refractivity contribution >= 4 is 11.8 Å². The van der Waals surface area contributed by atoms with Gasteiger partial charge in [0.05, 0.1) is 0 Å². The summed E-state index contributed by atoms with van der Waals surface area (Å²) >= 11 is 0.309. The normalized spacial score (nSPS) is 15.8. The van der Waals surface area contributed by atoms with E-state index in [-0.39, 0.29) is 11.1 Å². The lowest BCUT2D eigenvalue weighted by Gasteiger charge is -2.30. The van der Waals surface area contributed by atoms with Gasteiger partial charge in [0, 0.05) is 32.7 Å². The van der Waals surface area contributed by atoms with Crippen LogP contribution in [-0.2, 0) is 9.74 Å². The van der Waals surface area contributed by atoms with Gasteiger partial charge in [-0.1, -0.05) is 60.7 Å². The highest BCUT2D eigenvalue weighted by molar-refractivity contribution is 8.00. The van der Waals surface area contributed by atoms with Crippen LogP contribution in [0.4, 0.5) is 0 Å². The molecule has 0 amide bonds. The van der Waals surface area contributed by atoms with Crippen molar-refractivity contribution in [2.45, 2.75) is 9.74 Å². The minimum atomic E-state index is -2.20. The van der Waals surface area contributed by atoms with E-state index in [2.05, 4.69) is 0 Å². The van der Waals surface area contributed by atoms with Crippen LogP contribution in [-0.4, -0.2) is 33.3 Å².